The Morgan fingerprint density at radius 2 is 2.22 bits per heavy atom. The molecular formula is C15H18O3. The molecule has 2 aliphatic rings. The van der Waals surface area contributed by atoms with Gasteiger partial charge in [-0.25, -0.2) is 0 Å². The summed E-state index contributed by atoms with van der Waals surface area (Å²) in [6.07, 6.45) is 3.31. The molecule has 3 rings (SSSR count). The molecule has 18 heavy (non-hydrogen) atoms. The Labute approximate surface area is 107 Å². The third-order valence-electron chi connectivity index (χ3n) is 3.96. The lowest BCUT2D eigenvalue weighted by molar-refractivity contribution is -0.0922. The smallest absolute Gasteiger partial charge is 0.170 e. The molecule has 0 bridgehead atoms. The summed E-state index contributed by atoms with van der Waals surface area (Å²) in [5.74, 6) is 0.944. The molecule has 0 saturated carbocycles. The van der Waals surface area contributed by atoms with Crippen molar-refractivity contribution in [3.8, 4) is 5.75 Å². The Morgan fingerprint density at radius 3 is 3.06 bits per heavy atom. The maximum atomic E-state index is 12.2. The third kappa shape index (κ3) is 1.93. The van der Waals surface area contributed by atoms with Crippen LogP contribution in [0.25, 0.3) is 0 Å². The van der Waals surface area contributed by atoms with Crippen LogP contribution in [0.15, 0.2) is 24.3 Å². The van der Waals surface area contributed by atoms with Crippen molar-refractivity contribution in [2.45, 2.75) is 44.3 Å². The van der Waals surface area contributed by atoms with E-state index < -0.39 is 0 Å². The summed E-state index contributed by atoms with van der Waals surface area (Å²) in [6.45, 7) is 2.80. The molecule has 1 aromatic rings. The molecule has 0 aliphatic carbocycles. The minimum Gasteiger partial charge on any atom is -0.486 e. The van der Waals surface area contributed by atoms with Crippen LogP contribution in [0, 0.1) is 0 Å². The van der Waals surface area contributed by atoms with Crippen LogP contribution in [0.4, 0.5) is 0 Å². The highest BCUT2D eigenvalue weighted by molar-refractivity contribution is 6.00. The fourth-order valence-corrected chi connectivity index (χ4v) is 2.95. The number of carbonyl (C=O) groups excluding carboxylic acids is 1. The van der Waals surface area contributed by atoms with Crippen molar-refractivity contribution in [1.29, 1.82) is 0 Å². The second-order valence-corrected chi connectivity index (χ2v) is 5.24. The molecule has 2 atom stereocenters. The van der Waals surface area contributed by atoms with Gasteiger partial charge in [0.1, 0.15) is 11.4 Å². The number of hydrogen-bond acceptors (Lipinski definition) is 3. The number of carbonyl (C=O) groups is 1. The molecule has 1 fully saturated rings. The molecule has 0 amide bonds. The van der Waals surface area contributed by atoms with E-state index in [0.29, 0.717) is 13.0 Å². The van der Waals surface area contributed by atoms with Gasteiger partial charge in [0.2, 0.25) is 0 Å². The number of rotatable bonds is 1. The summed E-state index contributed by atoms with van der Waals surface area (Å²) in [4.78, 5) is 12.2. The lowest BCUT2D eigenvalue weighted by Gasteiger charge is -2.43. The number of hydrogen-bond donors (Lipinski definition) is 0. The van der Waals surface area contributed by atoms with Gasteiger partial charge in [-0.3, -0.25) is 4.79 Å². The quantitative estimate of drug-likeness (QED) is 0.764. The van der Waals surface area contributed by atoms with Crippen LogP contribution in [-0.2, 0) is 4.74 Å². The average Bonchev–Trinajstić information content (AvgIpc) is 2.38. The molecule has 3 nitrogen and oxygen atoms in total. The van der Waals surface area contributed by atoms with E-state index in [2.05, 4.69) is 6.92 Å². The zero-order valence-electron chi connectivity index (χ0n) is 10.6. The number of ketones is 1. The SMILES string of the molecule is CCC1CC2(CCO1)CC(=O)c1ccccc1O2. The standard InChI is InChI=1S/C15H18O3/c1-2-11-9-15(7-8-17-11)10-13(16)12-5-3-4-6-14(12)18-15/h3-6,11H,2,7-10H2,1H3. The maximum Gasteiger partial charge on any atom is 0.170 e. The maximum absolute atomic E-state index is 12.2. The number of benzene rings is 1. The van der Waals surface area contributed by atoms with E-state index in [0.717, 1.165) is 30.6 Å². The van der Waals surface area contributed by atoms with E-state index in [1.807, 2.05) is 24.3 Å². The van der Waals surface area contributed by atoms with Crippen molar-refractivity contribution < 1.29 is 14.3 Å². The summed E-state index contributed by atoms with van der Waals surface area (Å²) < 4.78 is 11.8. The van der Waals surface area contributed by atoms with Gasteiger partial charge >= 0.3 is 0 Å². The summed E-state index contributed by atoms with van der Waals surface area (Å²) in [6, 6.07) is 7.55. The Morgan fingerprint density at radius 1 is 1.39 bits per heavy atom. The van der Waals surface area contributed by atoms with E-state index >= 15 is 0 Å². The molecule has 0 aromatic heterocycles. The van der Waals surface area contributed by atoms with Gasteiger partial charge in [0.05, 0.1) is 24.7 Å². The van der Waals surface area contributed by atoms with Gasteiger partial charge < -0.3 is 9.47 Å². The van der Waals surface area contributed by atoms with Crippen molar-refractivity contribution in [1.82, 2.24) is 0 Å². The Balaban J connectivity index is 1.90. The Hall–Kier alpha value is -1.35. The van der Waals surface area contributed by atoms with Crippen LogP contribution in [0.3, 0.4) is 0 Å². The lowest BCUT2D eigenvalue weighted by Crippen LogP contribution is -2.49. The first kappa shape index (κ1) is 11.7. The summed E-state index contributed by atoms with van der Waals surface area (Å²) in [7, 11) is 0. The monoisotopic (exact) mass is 246 g/mol. The third-order valence-corrected chi connectivity index (χ3v) is 3.96. The highest BCUT2D eigenvalue weighted by atomic mass is 16.5. The first-order valence-electron chi connectivity index (χ1n) is 6.65. The fraction of sp³-hybridized carbons (Fsp3) is 0.533. The number of fused-ring (bicyclic) bond motifs is 1. The fourth-order valence-electron chi connectivity index (χ4n) is 2.95. The molecular weight excluding hydrogens is 228 g/mol. The molecule has 3 heteroatoms. The first-order valence-corrected chi connectivity index (χ1v) is 6.65. The number of Topliss-reactive ketones (excluding diaryl/α,β-unsaturated/α-hetero) is 1. The van der Waals surface area contributed by atoms with Crippen molar-refractivity contribution in [2.75, 3.05) is 6.61 Å². The summed E-state index contributed by atoms with van der Waals surface area (Å²) in [5, 5.41) is 0. The van der Waals surface area contributed by atoms with E-state index in [4.69, 9.17) is 9.47 Å². The van der Waals surface area contributed by atoms with Gasteiger partial charge in [-0.05, 0) is 18.6 Å². The minimum atomic E-state index is -0.329. The highest BCUT2D eigenvalue weighted by Crippen LogP contribution is 2.40. The summed E-state index contributed by atoms with van der Waals surface area (Å²) in [5.41, 5.74) is 0.396. The molecule has 0 N–H and O–H groups in total. The van der Waals surface area contributed by atoms with E-state index in [9.17, 15) is 4.79 Å². The predicted molar refractivity (Wildman–Crippen MR) is 68.0 cm³/mol. The van der Waals surface area contributed by atoms with Crippen LogP contribution in [-0.4, -0.2) is 24.1 Å². The Kier molecular flexibility index (Phi) is 2.86. The minimum absolute atomic E-state index is 0.202. The molecule has 2 heterocycles. The van der Waals surface area contributed by atoms with Crippen LogP contribution < -0.4 is 4.74 Å². The summed E-state index contributed by atoms with van der Waals surface area (Å²) >= 11 is 0. The normalized spacial score (nSPS) is 30.9. The van der Waals surface area contributed by atoms with Crippen molar-refractivity contribution >= 4 is 5.78 Å². The number of ether oxygens (including phenoxy) is 2. The van der Waals surface area contributed by atoms with Crippen LogP contribution in [0.5, 0.6) is 5.75 Å². The lowest BCUT2D eigenvalue weighted by atomic mass is 9.81. The molecule has 1 saturated heterocycles. The van der Waals surface area contributed by atoms with Crippen LogP contribution in [0.1, 0.15) is 43.0 Å². The predicted octanol–water partition coefficient (Wildman–Crippen LogP) is 2.98. The number of para-hydroxylation sites is 1. The Bertz CT molecular complexity index is 469. The second-order valence-electron chi connectivity index (χ2n) is 5.24. The second kappa shape index (κ2) is 4.39. The molecule has 96 valence electrons. The first-order chi connectivity index (χ1) is 8.72. The molecule has 1 aromatic carbocycles. The topological polar surface area (TPSA) is 35.5 Å². The zero-order chi connectivity index (χ0) is 12.6. The molecule has 1 spiro atoms. The van der Waals surface area contributed by atoms with Crippen molar-refractivity contribution in [2.24, 2.45) is 0 Å². The largest absolute Gasteiger partial charge is 0.486 e. The molecule has 0 radical (unpaired) electrons. The van der Waals surface area contributed by atoms with Crippen LogP contribution in [0.2, 0.25) is 0 Å². The van der Waals surface area contributed by atoms with Gasteiger partial charge in [0.25, 0.3) is 0 Å². The van der Waals surface area contributed by atoms with Crippen molar-refractivity contribution in [3.63, 3.8) is 0 Å². The van der Waals surface area contributed by atoms with E-state index in [1.54, 1.807) is 0 Å². The van der Waals surface area contributed by atoms with Gasteiger partial charge in [0, 0.05) is 12.8 Å². The van der Waals surface area contributed by atoms with Crippen LogP contribution >= 0.6 is 0 Å². The van der Waals surface area contributed by atoms with Gasteiger partial charge in [-0.2, -0.15) is 0 Å². The molecule has 2 aliphatic heterocycles. The zero-order valence-corrected chi connectivity index (χ0v) is 10.6. The average molecular weight is 246 g/mol. The van der Waals surface area contributed by atoms with Gasteiger partial charge in [-0.1, -0.05) is 19.1 Å². The van der Waals surface area contributed by atoms with Crippen molar-refractivity contribution in [3.05, 3.63) is 29.8 Å². The highest BCUT2D eigenvalue weighted by Gasteiger charge is 2.44. The van der Waals surface area contributed by atoms with E-state index in [-0.39, 0.29) is 17.5 Å². The van der Waals surface area contributed by atoms with Gasteiger partial charge in [-0.15, -0.1) is 0 Å². The molecule has 2 unspecified atom stereocenters. The van der Waals surface area contributed by atoms with E-state index in [1.165, 1.54) is 0 Å². The van der Waals surface area contributed by atoms with Gasteiger partial charge in [0.15, 0.2) is 5.78 Å².